The van der Waals surface area contributed by atoms with E-state index >= 15 is 0 Å². The topological polar surface area (TPSA) is 78.4 Å². The molecule has 0 spiro atoms. The lowest BCUT2D eigenvalue weighted by Crippen LogP contribution is -2.48. The molecule has 0 aromatic carbocycles. The van der Waals surface area contributed by atoms with Crippen molar-refractivity contribution in [2.24, 2.45) is 0 Å². The van der Waals surface area contributed by atoms with Crippen molar-refractivity contribution in [2.75, 3.05) is 6.61 Å². The van der Waals surface area contributed by atoms with Crippen LogP contribution >= 0.6 is 0 Å². The van der Waals surface area contributed by atoms with Crippen LogP contribution in [0.5, 0.6) is 0 Å². The first-order valence-corrected chi connectivity index (χ1v) is 12.9. The van der Waals surface area contributed by atoms with Crippen molar-refractivity contribution in [3.8, 4) is 0 Å². The van der Waals surface area contributed by atoms with Gasteiger partial charge in [-0.05, 0) is 63.5 Å². The molecule has 1 aliphatic carbocycles. The average molecular weight is 471 g/mol. The number of allylic oxidation sites excluding steroid dienone is 2. The van der Waals surface area contributed by atoms with Crippen LogP contribution in [-0.2, 0) is 9.59 Å². The van der Waals surface area contributed by atoms with E-state index in [-0.39, 0.29) is 6.61 Å². The molecule has 1 fully saturated rings. The number of halogens is 2. The second-order valence-electron chi connectivity index (χ2n) is 9.03. The summed E-state index contributed by atoms with van der Waals surface area (Å²) in [5.74, 6) is -3.14. The number of hydrogen-bond donors (Lipinski definition) is 3. The van der Waals surface area contributed by atoms with Crippen molar-refractivity contribution >= 4 is 11.8 Å². The van der Waals surface area contributed by atoms with Gasteiger partial charge in [0.1, 0.15) is 0 Å². The zero-order valence-corrected chi connectivity index (χ0v) is 20.3. The van der Waals surface area contributed by atoms with Crippen LogP contribution in [0.25, 0.3) is 0 Å². The molecule has 0 saturated heterocycles. The molecule has 0 radical (unpaired) electrons. The molecule has 0 aliphatic heterocycles. The molecule has 33 heavy (non-hydrogen) atoms. The molecule has 1 saturated carbocycles. The monoisotopic (exact) mass is 470 g/mol. The van der Waals surface area contributed by atoms with Gasteiger partial charge < -0.3 is 15.7 Å². The second kappa shape index (κ2) is 18.6. The van der Waals surface area contributed by atoms with Gasteiger partial charge in [-0.15, -0.1) is 0 Å². The fourth-order valence-corrected chi connectivity index (χ4v) is 4.13. The predicted octanol–water partition coefficient (Wildman–Crippen LogP) is 5.93. The molecular weight excluding hydrogens is 426 g/mol. The van der Waals surface area contributed by atoms with Gasteiger partial charge in [0.2, 0.25) is 0 Å². The first-order chi connectivity index (χ1) is 16.0. The number of unbranched alkanes of at least 4 members (excludes halogenated alkanes) is 11. The summed E-state index contributed by atoms with van der Waals surface area (Å²) in [5.41, 5.74) is 0. The summed E-state index contributed by atoms with van der Waals surface area (Å²) in [5, 5.41) is 14.1. The van der Waals surface area contributed by atoms with E-state index in [1.54, 1.807) is 0 Å². The highest BCUT2D eigenvalue weighted by atomic mass is 19.1. The number of rotatable bonds is 18. The van der Waals surface area contributed by atoms with Crippen molar-refractivity contribution in [1.82, 2.24) is 10.6 Å². The molecule has 190 valence electrons. The third kappa shape index (κ3) is 13.5. The SMILES string of the molecule is CCCCCCCC/C=C(\F)C(=O)N[C@@H]1CCC[C@@H]1NC(=O)/C(F)=C\CCCCCCCO. The standard InChI is InChI=1S/C26H44F2N2O3/c1-2-3-4-5-6-9-12-16-21(27)25(32)29-23-18-15-19-24(23)30-26(33)22(28)17-13-10-7-8-11-14-20-31/h16-17,23-24,31H,2-15,18-20H2,1H3,(H,29,32)(H,30,33)/b21-16-,22-17+/t23-,24+/m1/s1. The fourth-order valence-electron chi connectivity index (χ4n) is 4.13. The van der Waals surface area contributed by atoms with Crippen molar-refractivity contribution in [2.45, 2.75) is 122 Å². The molecule has 0 heterocycles. The molecule has 2 atom stereocenters. The third-order valence-corrected chi connectivity index (χ3v) is 6.15. The Kier molecular flexibility index (Phi) is 16.5. The molecule has 1 aliphatic rings. The minimum absolute atomic E-state index is 0.194. The Hall–Kier alpha value is -1.76. The Bertz CT molecular complexity index is 571. The smallest absolute Gasteiger partial charge is 0.279 e. The molecule has 2 amide bonds. The number of nitrogens with one attached hydrogen (secondary N) is 2. The van der Waals surface area contributed by atoms with E-state index in [4.69, 9.17) is 5.11 Å². The summed E-state index contributed by atoms with van der Waals surface area (Å²) in [6.45, 7) is 2.36. The fraction of sp³-hybridized carbons (Fsp3) is 0.769. The normalized spacial score (nSPS) is 19.0. The van der Waals surface area contributed by atoms with E-state index in [1.165, 1.54) is 31.4 Å². The summed E-state index contributed by atoms with van der Waals surface area (Å²) >= 11 is 0. The van der Waals surface area contributed by atoms with Crippen LogP contribution in [0.15, 0.2) is 23.8 Å². The van der Waals surface area contributed by atoms with E-state index in [9.17, 15) is 18.4 Å². The van der Waals surface area contributed by atoms with E-state index in [1.807, 2.05) is 0 Å². The molecular formula is C26H44F2N2O3. The largest absolute Gasteiger partial charge is 0.396 e. The van der Waals surface area contributed by atoms with Gasteiger partial charge in [0.25, 0.3) is 11.8 Å². The lowest BCUT2D eigenvalue weighted by molar-refractivity contribution is -0.122. The van der Waals surface area contributed by atoms with E-state index in [0.29, 0.717) is 25.7 Å². The van der Waals surface area contributed by atoms with Crippen LogP contribution in [0, 0.1) is 0 Å². The van der Waals surface area contributed by atoms with Crippen molar-refractivity contribution in [3.63, 3.8) is 0 Å². The van der Waals surface area contributed by atoms with Gasteiger partial charge in [-0.2, -0.15) is 0 Å². The van der Waals surface area contributed by atoms with Crippen LogP contribution in [-0.4, -0.2) is 35.6 Å². The van der Waals surface area contributed by atoms with Crippen molar-refractivity contribution < 1.29 is 23.5 Å². The van der Waals surface area contributed by atoms with Gasteiger partial charge in [-0.1, -0.05) is 58.3 Å². The maximum absolute atomic E-state index is 14.1. The van der Waals surface area contributed by atoms with Gasteiger partial charge in [0.15, 0.2) is 11.7 Å². The number of amides is 2. The van der Waals surface area contributed by atoms with E-state index in [0.717, 1.165) is 57.8 Å². The van der Waals surface area contributed by atoms with Crippen LogP contribution in [0.1, 0.15) is 110 Å². The van der Waals surface area contributed by atoms with Crippen molar-refractivity contribution in [1.29, 1.82) is 0 Å². The summed E-state index contributed by atoms with van der Waals surface area (Å²) in [6.07, 6.45) is 16.7. The third-order valence-electron chi connectivity index (χ3n) is 6.15. The predicted molar refractivity (Wildman–Crippen MR) is 129 cm³/mol. The summed E-state index contributed by atoms with van der Waals surface area (Å²) in [6, 6.07) is -0.792. The molecule has 0 aromatic heterocycles. The summed E-state index contributed by atoms with van der Waals surface area (Å²) in [7, 11) is 0. The number of carbonyl (C=O) groups excluding carboxylic acids is 2. The van der Waals surface area contributed by atoms with Crippen LogP contribution < -0.4 is 10.6 Å². The highest BCUT2D eigenvalue weighted by Crippen LogP contribution is 2.21. The Morgan fingerprint density at radius 2 is 1.18 bits per heavy atom. The summed E-state index contributed by atoms with van der Waals surface area (Å²) in [4.78, 5) is 24.3. The highest BCUT2D eigenvalue weighted by Gasteiger charge is 2.31. The Labute approximate surface area is 198 Å². The zero-order chi connectivity index (χ0) is 24.3. The lowest BCUT2D eigenvalue weighted by Gasteiger charge is -2.21. The minimum Gasteiger partial charge on any atom is -0.396 e. The van der Waals surface area contributed by atoms with Crippen LogP contribution in [0.2, 0.25) is 0 Å². The van der Waals surface area contributed by atoms with Gasteiger partial charge in [-0.25, -0.2) is 8.78 Å². The maximum atomic E-state index is 14.1. The van der Waals surface area contributed by atoms with Gasteiger partial charge >= 0.3 is 0 Å². The highest BCUT2D eigenvalue weighted by molar-refractivity contribution is 5.92. The maximum Gasteiger partial charge on any atom is 0.279 e. The molecule has 7 heteroatoms. The van der Waals surface area contributed by atoms with Gasteiger partial charge in [0.05, 0.1) is 0 Å². The molecule has 5 nitrogen and oxygen atoms in total. The van der Waals surface area contributed by atoms with E-state index in [2.05, 4.69) is 17.6 Å². The minimum atomic E-state index is -0.813. The van der Waals surface area contributed by atoms with E-state index < -0.39 is 35.6 Å². The first kappa shape index (κ1) is 29.3. The molecule has 1 rings (SSSR count). The quantitative estimate of drug-likeness (QED) is 0.172. The average Bonchev–Trinajstić information content (AvgIpc) is 3.23. The molecule has 3 N–H and O–H groups in total. The molecule has 0 aromatic rings. The number of hydrogen-bond acceptors (Lipinski definition) is 3. The lowest BCUT2D eigenvalue weighted by atomic mass is 10.1. The Balaban J connectivity index is 2.34. The van der Waals surface area contributed by atoms with Crippen molar-refractivity contribution in [3.05, 3.63) is 23.8 Å². The van der Waals surface area contributed by atoms with Crippen LogP contribution in [0.4, 0.5) is 8.78 Å². The number of aliphatic hydroxyl groups excluding tert-OH is 1. The number of carbonyl (C=O) groups is 2. The van der Waals surface area contributed by atoms with Crippen LogP contribution in [0.3, 0.4) is 0 Å². The first-order valence-electron chi connectivity index (χ1n) is 12.9. The number of aliphatic hydroxyl groups is 1. The summed E-state index contributed by atoms with van der Waals surface area (Å²) < 4.78 is 28.3. The van der Waals surface area contributed by atoms with Gasteiger partial charge in [-0.3, -0.25) is 9.59 Å². The van der Waals surface area contributed by atoms with Gasteiger partial charge in [0, 0.05) is 18.7 Å². The Morgan fingerprint density at radius 1 is 0.758 bits per heavy atom. The molecule has 0 bridgehead atoms. The molecule has 0 unspecified atom stereocenters. The second-order valence-corrected chi connectivity index (χ2v) is 9.03. The Morgan fingerprint density at radius 3 is 1.64 bits per heavy atom. The zero-order valence-electron chi connectivity index (χ0n) is 20.3.